The summed E-state index contributed by atoms with van der Waals surface area (Å²) in [4.78, 5) is 11.6. The first kappa shape index (κ1) is 10.9. The van der Waals surface area contributed by atoms with Gasteiger partial charge in [0, 0.05) is 38.1 Å². The maximum atomic E-state index is 11.6. The number of nitrogens with zero attached hydrogens (tertiary/aromatic N) is 2. The molecule has 2 bridgehead atoms. The summed E-state index contributed by atoms with van der Waals surface area (Å²) in [5.41, 5.74) is 0. The van der Waals surface area contributed by atoms with Gasteiger partial charge in [-0.25, -0.2) is 5.01 Å². The van der Waals surface area contributed by atoms with Crippen molar-refractivity contribution in [1.29, 1.82) is 0 Å². The number of carbonyl (C=O) groups is 1. The third-order valence-corrected chi connectivity index (χ3v) is 3.31. The highest BCUT2D eigenvalue weighted by molar-refractivity contribution is 5.73. The lowest BCUT2D eigenvalue weighted by molar-refractivity contribution is -0.154. The van der Waals surface area contributed by atoms with Crippen LogP contribution in [0.25, 0.3) is 0 Å². The van der Waals surface area contributed by atoms with Crippen LogP contribution in [-0.2, 0) is 4.79 Å². The zero-order valence-corrected chi connectivity index (χ0v) is 9.86. The lowest BCUT2D eigenvalue weighted by Crippen LogP contribution is -2.60. The standard InChI is InChI=1S/C11H21N3O/c1-8(2)14(9(3)15)13-6-10-4-5-11(7-13)12-10/h8,10-12H,4-7H2,1-3H3. The van der Waals surface area contributed by atoms with Crippen LogP contribution in [-0.4, -0.2) is 47.1 Å². The van der Waals surface area contributed by atoms with E-state index in [-0.39, 0.29) is 11.9 Å². The second-order valence-corrected chi connectivity index (χ2v) is 4.97. The third-order valence-electron chi connectivity index (χ3n) is 3.31. The highest BCUT2D eigenvalue weighted by atomic mass is 16.2. The van der Waals surface area contributed by atoms with Gasteiger partial charge in [0.05, 0.1) is 0 Å². The summed E-state index contributed by atoms with van der Waals surface area (Å²) in [5.74, 6) is 0.159. The Morgan fingerprint density at radius 3 is 2.27 bits per heavy atom. The SMILES string of the molecule is CC(=O)N(C(C)C)N1CC2CCC(C1)N2. The van der Waals surface area contributed by atoms with Gasteiger partial charge in [-0.3, -0.25) is 9.80 Å². The predicted octanol–water partition coefficient (Wildman–Crippen LogP) is 0.595. The van der Waals surface area contributed by atoms with Gasteiger partial charge < -0.3 is 5.32 Å². The van der Waals surface area contributed by atoms with E-state index in [2.05, 4.69) is 24.2 Å². The van der Waals surface area contributed by atoms with Gasteiger partial charge in [0.2, 0.25) is 5.91 Å². The minimum atomic E-state index is 0.159. The van der Waals surface area contributed by atoms with Crippen molar-refractivity contribution in [2.45, 2.75) is 51.7 Å². The summed E-state index contributed by atoms with van der Waals surface area (Å²) < 4.78 is 0. The van der Waals surface area contributed by atoms with E-state index in [1.54, 1.807) is 6.92 Å². The van der Waals surface area contributed by atoms with Crippen LogP contribution in [0.1, 0.15) is 33.6 Å². The van der Waals surface area contributed by atoms with Gasteiger partial charge >= 0.3 is 0 Å². The van der Waals surface area contributed by atoms with Crippen molar-refractivity contribution in [2.75, 3.05) is 13.1 Å². The molecule has 2 aliphatic rings. The molecule has 4 heteroatoms. The molecule has 15 heavy (non-hydrogen) atoms. The Bertz CT molecular complexity index is 242. The molecule has 0 spiro atoms. The number of rotatable bonds is 2. The number of hydrazine groups is 1. The Kier molecular flexibility index (Phi) is 2.98. The van der Waals surface area contributed by atoms with Crippen LogP contribution in [0, 0.1) is 0 Å². The summed E-state index contributed by atoms with van der Waals surface area (Å²) in [6.07, 6.45) is 2.51. The number of carbonyl (C=O) groups excluding carboxylic acids is 1. The van der Waals surface area contributed by atoms with E-state index in [0.717, 1.165) is 13.1 Å². The fourth-order valence-corrected chi connectivity index (χ4v) is 2.84. The number of nitrogens with one attached hydrogen (secondary N) is 1. The average molecular weight is 211 g/mol. The molecular weight excluding hydrogens is 190 g/mol. The van der Waals surface area contributed by atoms with Crippen molar-refractivity contribution in [1.82, 2.24) is 15.3 Å². The zero-order valence-electron chi connectivity index (χ0n) is 9.86. The first-order valence-electron chi connectivity index (χ1n) is 5.88. The first-order valence-corrected chi connectivity index (χ1v) is 5.88. The minimum Gasteiger partial charge on any atom is -0.309 e. The van der Waals surface area contributed by atoms with E-state index in [0.29, 0.717) is 12.1 Å². The maximum Gasteiger partial charge on any atom is 0.233 e. The third kappa shape index (κ3) is 2.16. The molecule has 1 amide bonds. The van der Waals surface area contributed by atoms with E-state index < -0.39 is 0 Å². The van der Waals surface area contributed by atoms with Crippen molar-refractivity contribution >= 4 is 5.91 Å². The largest absolute Gasteiger partial charge is 0.309 e. The average Bonchev–Trinajstić information content (AvgIpc) is 2.44. The molecule has 2 saturated heterocycles. The molecule has 2 heterocycles. The Balaban J connectivity index is 2.05. The van der Waals surface area contributed by atoms with Crippen LogP contribution < -0.4 is 5.32 Å². The lowest BCUT2D eigenvalue weighted by atomic mass is 10.2. The fourth-order valence-electron chi connectivity index (χ4n) is 2.84. The maximum absolute atomic E-state index is 11.6. The van der Waals surface area contributed by atoms with Gasteiger partial charge in [0.1, 0.15) is 0 Å². The molecule has 2 aliphatic heterocycles. The normalized spacial score (nSPS) is 30.9. The molecule has 2 atom stereocenters. The Hall–Kier alpha value is -0.610. The number of amides is 1. The molecule has 0 aromatic rings. The van der Waals surface area contributed by atoms with Crippen LogP contribution in [0.15, 0.2) is 0 Å². The first-order chi connectivity index (χ1) is 7.08. The molecule has 0 radical (unpaired) electrons. The van der Waals surface area contributed by atoms with Gasteiger partial charge in [-0.15, -0.1) is 0 Å². The molecule has 1 N–H and O–H groups in total. The molecular formula is C11H21N3O. The topological polar surface area (TPSA) is 35.6 Å². The van der Waals surface area contributed by atoms with E-state index in [1.807, 2.05) is 5.01 Å². The molecule has 2 unspecified atom stereocenters. The lowest BCUT2D eigenvalue weighted by Gasteiger charge is -2.42. The molecule has 0 aromatic heterocycles. The quantitative estimate of drug-likeness (QED) is 0.726. The molecule has 0 aromatic carbocycles. The van der Waals surface area contributed by atoms with Crippen molar-refractivity contribution in [2.24, 2.45) is 0 Å². The molecule has 0 aliphatic carbocycles. The Morgan fingerprint density at radius 1 is 1.33 bits per heavy atom. The van der Waals surface area contributed by atoms with Gasteiger partial charge in [0.15, 0.2) is 0 Å². The highest BCUT2D eigenvalue weighted by Gasteiger charge is 2.35. The molecule has 0 saturated carbocycles. The number of hydrogen-bond acceptors (Lipinski definition) is 3. The predicted molar refractivity (Wildman–Crippen MR) is 59.2 cm³/mol. The number of hydrogen-bond donors (Lipinski definition) is 1. The number of piperazine rings is 1. The summed E-state index contributed by atoms with van der Waals surface area (Å²) in [6.45, 7) is 7.77. The second kappa shape index (κ2) is 4.10. The summed E-state index contributed by atoms with van der Waals surface area (Å²) in [5, 5.41) is 7.71. The van der Waals surface area contributed by atoms with Gasteiger partial charge in [-0.2, -0.15) is 0 Å². The number of fused-ring (bicyclic) bond motifs is 2. The van der Waals surface area contributed by atoms with Gasteiger partial charge in [-0.05, 0) is 26.7 Å². The van der Waals surface area contributed by atoms with Crippen LogP contribution in [0.4, 0.5) is 0 Å². The molecule has 2 fully saturated rings. The van der Waals surface area contributed by atoms with Crippen molar-refractivity contribution in [3.8, 4) is 0 Å². The van der Waals surface area contributed by atoms with E-state index in [4.69, 9.17) is 0 Å². The summed E-state index contributed by atoms with van der Waals surface area (Å²) in [7, 11) is 0. The Labute approximate surface area is 91.6 Å². The van der Waals surface area contributed by atoms with Crippen molar-refractivity contribution in [3.63, 3.8) is 0 Å². The van der Waals surface area contributed by atoms with Crippen LogP contribution >= 0.6 is 0 Å². The van der Waals surface area contributed by atoms with E-state index in [1.165, 1.54) is 12.8 Å². The second-order valence-electron chi connectivity index (χ2n) is 4.97. The van der Waals surface area contributed by atoms with Crippen LogP contribution in [0.2, 0.25) is 0 Å². The van der Waals surface area contributed by atoms with E-state index in [9.17, 15) is 4.79 Å². The molecule has 2 rings (SSSR count). The van der Waals surface area contributed by atoms with E-state index >= 15 is 0 Å². The monoisotopic (exact) mass is 211 g/mol. The van der Waals surface area contributed by atoms with Gasteiger partial charge in [0.25, 0.3) is 0 Å². The fraction of sp³-hybridized carbons (Fsp3) is 0.909. The smallest absolute Gasteiger partial charge is 0.233 e. The van der Waals surface area contributed by atoms with Crippen LogP contribution in [0.3, 0.4) is 0 Å². The summed E-state index contributed by atoms with van der Waals surface area (Å²) >= 11 is 0. The zero-order chi connectivity index (χ0) is 11.0. The summed E-state index contributed by atoms with van der Waals surface area (Å²) in [6, 6.07) is 1.44. The Morgan fingerprint density at radius 2 is 1.87 bits per heavy atom. The molecule has 86 valence electrons. The minimum absolute atomic E-state index is 0.159. The van der Waals surface area contributed by atoms with Crippen LogP contribution in [0.5, 0.6) is 0 Å². The van der Waals surface area contributed by atoms with Crippen molar-refractivity contribution < 1.29 is 4.79 Å². The molecule has 4 nitrogen and oxygen atoms in total. The van der Waals surface area contributed by atoms with Gasteiger partial charge in [-0.1, -0.05) is 0 Å². The highest BCUT2D eigenvalue weighted by Crippen LogP contribution is 2.22. The van der Waals surface area contributed by atoms with Crippen molar-refractivity contribution in [3.05, 3.63) is 0 Å².